The Kier molecular flexibility index (Phi) is 8.07. The summed E-state index contributed by atoms with van der Waals surface area (Å²) in [6, 6.07) is -0.376. The molecule has 0 saturated heterocycles. The molecule has 1 atom stereocenters. The highest BCUT2D eigenvalue weighted by Crippen LogP contribution is 2.20. The van der Waals surface area contributed by atoms with E-state index in [1.54, 1.807) is 0 Å². The summed E-state index contributed by atoms with van der Waals surface area (Å²) in [6.45, 7) is 5.55. The standard InChI is InChI=1S/C15H30N2O2/c1-12(2)11-14(16)15(18)17-9-6-10-19-13-7-4-3-5-8-13/h12-14H,3-11,16H2,1-2H3,(H,17,18)/t14-/m0/s1. The highest BCUT2D eigenvalue weighted by atomic mass is 16.5. The van der Waals surface area contributed by atoms with Crippen molar-refractivity contribution in [3.63, 3.8) is 0 Å². The molecule has 0 unspecified atom stereocenters. The summed E-state index contributed by atoms with van der Waals surface area (Å²) in [5, 5.41) is 2.88. The van der Waals surface area contributed by atoms with Gasteiger partial charge < -0.3 is 15.8 Å². The van der Waals surface area contributed by atoms with Gasteiger partial charge in [0.2, 0.25) is 5.91 Å². The molecule has 4 heteroatoms. The van der Waals surface area contributed by atoms with Gasteiger partial charge in [0.05, 0.1) is 12.1 Å². The quantitative estimate of drug-likeness (QED) is 0.665. The van der Waals surface area contributed by atoms with E-state index < -0.39 is 0 Å². The minimum Gasteiger partial charge on any atom is -0.378 e. The molecule has 0 heterocycles. The van der Waals surface area contributed by atoms with Gasteiger partial charge in [-0.1, -0.05) is 33.1 Å². The molecule has 0 bridgehead atoms. The van der Waals surface area contributed by atoms with Crippen LogP contribution in [-0.2, 0) is 9.53 Å². The lowest BCUT2D eigenvalue weighted by Gasteiger charge is -2.22. The molecule has 0 spiro atoms. The van der Waals surface area contributed by atoms with E-state index in [9.17, 15) is 4.79 Å². The zero-order valence-corrected chi connectivity index (χ0v) is 12.5. The van der Waals surface area contributed by atoms with Gasteiger partial charge >= 0.3 is 0 Å². The molecule has 19 heavy (non-hydrogen) atoms. The third-order valence-corrected chi connectivity index (χ3v) is 3.59. The summed E-state index contributed by atoms with van der Waals surface area (Å²) in [6.07, 6.45) is 8.41. The van der Waals surface area contributed by atoms with Gasteiger partial charge in [0.1, 0.15) is 0 Å². The van der Waals surface area contributed by atoms with E-state index in [1.165, 1.54) is 32.1 Å². The van der Waals surface area contributed by atoms with E-state index in [1.807, 2.05) is 0 Å². The van der Waals surface area contributed by atoms with E-state index in [-0.39, 0.29) is 11.9 Å². The number of nitrogens with one attached hydrogen (secondary N) is 1. The van der Waals surface area contributed by atoms with Crippen molar-refractivity contribution in [1.29, 1.82) is 0 Å². The SMILES string of the molecule is CC(C)C[C@H](N)C(=O)NCCCOC1CCCCC1. The highest BCUT2D eigenvalue weighted by Gasteiger charge is 2.15. The normalized spacial score (nSPS) is 18.5. The zero-order chi connectivity index (χ0) is 14.1. The number of carbonyl (C=O) groups excluding carboxylic acids is 1. The molecular weight excluding hydrogens is 240 g/mol. The number of carbonyl (C=O) groups is 1. The Hall–Kier alpha value is -0.610. The number of ether oxygens (including phenoxy) is 1. The van der Waals surface area contributed by atoms with Crippen molar-refractivity contribution in [2.45, 2.75) is 70.9 Å². The second-order valence-corrected chi connectivity index (χ2v) is 6.01. The molecule has 112 valence electrons. The Labute approximate surface area is 117 Å². The van der Waals surface area contributed by atoms with Crippen LogP contribution in [0.1, 0.15) is 58.8 Å². The average Bonchev–Trinajstić information content (AvgIpc) is 2.38. The van der Waals surface area contributed by atoms with E-state index in [0.717, 1.165) is 19.4 Å². The Bertz CT molecular complexity index is 251. The molecule has 4 nitrogen and oxygen atoms in total. The Balaban J connectivity index is 1.99. The maximum Gasteiger partial charge on any atom is 0.236 e. The highest BCUT2D eigenvalue weighted by molar-refractivity contribution is 5.81. The van der Waals surface area contributed by atoms with Crippen molar-refractivity contribution in [1.82, 2.24) is 5.32 Å². The Morgan fingerprint density at radius 1 is 1.32 bits per heavy atom. The maximum absolute atomic E-state index is 11.7. The number of nitrogens with two attached hydrogens (primary N) is 1. The molecule has 1 aliphatic carbocycles. The van der Waals surface area contributed by atoms with Crippen molar-refractivity contribution in [2.24, 2.45) is 11.7 Å². The summed E-state index contributed by atoms with van der Waals surface area (Å²) in [7, 11) is 0. The van der Waals surface area contributed by atoms with Crippen LogP contribution in [0.3, 0.4) is 0 Å². The minimum absolute atomic E-state index is 0.0358. The fourth-order valence-electron chi connectivity index (χ4n) is 2.51. The predicted octanol–water partition coefficient (Wildman–Crippen LogP) is 2.22. The van der Waals surface area contributed by atoms with Crippen molar-refractivity contribution in [2.75, 3.05) is 13.2 Å². The van der Waals surface area contributed by atoms with Gasteiger partial charge in [-0.15, -0.1) is 0 Å². The van der Waals surface area contributed by atoms with Gasteiger partial charge in [-0.25, -0.2) is 0 Å². The molecule has 3 N–H and O–H groups in total. The topological polar surface area (TPSA) is 64.4 Å². The second-order valence-electron chi connectivity index (χ2n) is 6.01. The first-order chi connectivity index (χ1) is 9.09. The van der Waals surface area contributed by atoms with Crippen LogP contribution in [0, 0.1) is 5.92 Å². The fraction of sp³-hybridized carbons (Fsp3) is 0.933. The van der Waals surface area contributed by atoms with Gasteiger partial charge in [0.25, 0.3) is 0 Å². The van der Waals surface area contributed by atoms with Gasteiger partial charge in [0.15, 0.2) is 0 Å². The lowest BCUT2D eigenvalue weighted by atomic mass is 9.98. The summed E-state index contributed by atoms with van der Waals surface area (Å²) in [5.41, 5.74) is 5.81. The molecule has 0 radical (unpaired) electrons. The zero-order valence-electron chi connectivity index (χ0n) is 12.5. The van der Waals surface area contributed by atoms with Crippen LogP contribution in [0.25, 0.3) is 0 Å². The molecule has 1 fully saturated rings. The molecule has 0 aromatic rings. The van der Waals surface area contributed by atoms with Crippen LogP contribution >= 0.6 is 0 Å². The number of rotatable bonds is 8. The van der Waals surface area contributed by atoms with Crippen LogP contribution in [0.4, 0.5) is 0 Å². The van der Waals surface area contributed by atoms with Crippen LogP contribution in [0.15, 0.2) is 0 Å². The summed E-state index contributed by atoms with van der Waals surface area (Å²) in [5.74, 6) is 0.418. The van der Waals surface area contributed by atoms with Crippen molar-refractivity contribution in [3.8, 4) is 0 Å². The van der Waals surface area contributed by atoms with Crippen LogP contribution in [0.5, 0.6) is 0 Å². The lowest BCUT2D eigenvalue weighted by molar-refractivity contribution is -0.122. The van der Waals surface area contributed by atoms with Crippen molar-refractivity contribution in [3.05, 3.63) is 0 Å². The second kappa shape index (κ2) is 9.32. The molecule has 1 amide bonds. The molecule has 1 aliphatic rings. The molecule has 1 rings (SSSR count). The number of hydrogen-bond donors (Lipinski definition) is 2. The Morgan fingerprint density at radius 3 is 2.63 bits per heavy atom. The van der Waals surface area contributed by atoms with Crippen LogP contribution in [-0.4, -0.2) is 31.2 Å². The number of amides is 1. The first-order valence-corrected chi connectivity index (χ1v) is 7.74. The van der Waals surface area contributed by atoms with Crippen LogP contribution < -0.4 is 11.1 Å². The van der Waals surface area contributed by atoms with Gasteiger partial charge in [-0.2, -0.15) is 0 Å². The van der Waals surface area contributed by atoms with Gasteiger partial charge in [-0.05, 0) is 31.6 Å². The third kappa shape index (κ3) is 7.53. The lowest BCUT2D eigenvalue weighted by Crippen LogP contribution is -2.41. The van der Waals surface area contributed by atoms with Crippen molar-refractivity contribution >= 4 is 5.91 Å². The smallest absolute Gasteiger partial charge is 0.236 e. The molecule has 0 aromatic carbocycles. The fourth-order valence-corrected chi connectivity index (χ4v) is 2.51. The van der Waals surface area contributed by atoms with Crippen LogP contribution in [0.2, 0.25) is 0 Å². The largest absolute Gasteiger partial charge is 0.378 e. The first-order valence-electron chi connectivity index (χ1n) is 7.74. The van der Waals surface area contributed by atoms with E-state index >= 15 is 0 Å². The molecule has 0 aliphatic heterocycles. The number of hydrogen-bond acceptors (Lipinski definition) is 3. The average molecular weight is 270 g/mol. The molecular formula is C15H30N2O2. The van der Waals surface area contributed by atoms with Crippen molar-refractivity contribution < 1.29 is 9.53 Å². The first kappa shape index (κ1) is 16.4. The summed E-state index contributed by atoms with van der Waals surface area (Å²) < 4.78 is 5.81. The van der Waals surface area contributed by atoms with E-state index in [0.29, 0.717) is 18.6 Å². The van der Waals surface area contributed by atoms with Gasteiger partial charge in [-0.3, -0.25) is 4.79 Å². The maximum atomic E-state index is 11.7. The summed E-state index contributed by atoms with van der Waals surface area (Å²) in [4.78, 5) is 11.7. The minimum atomic E-state index is -0.376. The van der Waals surface area contributed by atoms with Gasteiger partial charge in [0, 0.05) is 13.2 Å². The van der Waals surface area contributed by atoms with E-state index in [2.05, 4.69) is 19.2 Å². The molecule has 0 aromatic heterocycles. The summed E-state index contributed by atoms with van der Waals surface area (Å²) >= 11 is 0. The Morgan fingerprint density at radius 2 is 2.00 bits per heavy atom. The molecule has 1 saturated carbocycles. The monoisotopic (exact) mass is 270 g/mol. The van der Waals surface area contributed by atoms with E-state index in [4.69, 9.17) is 10.5 Å². The third-order valence-electron chi connectivity index (χ3n) is 3.59. The predicted molar refractivity (Wildman–Crippen MR) is 77.9 cm³/mol.